The van der Waals surface area contributed by atoms with Crippen LogP contribution in [0.25, 0.3) is 0 Å². The van der Waals surface area contributed by atoms with Crippen LogP contribution in [0.2, 0.25) is 0 Å². The molecule has 0 aromatic heterocycles. The normalized spacial score (nSPS) is 19.2. The molecule has 0 aliphatic heterocycles. The van der Waals surface area contributed by atoms with E-state index in [-0.39, 0.29) is 0 Å². The van der Waals surface area contributed by atoms with Crippen LogP contribution in [0.5, 0.6) is 0 Å². The van der Waals surface area contributed by atoms with Gasteiger partial charge in [-0.15, -0.1) is 0 Å². The molecule has 40 valence electrons. The average molecular weight is 153 g/mol. The van der Waals surface area contributed by atoms with Crippen molar-refractivity contribution in [1.82, 2.24) is 0 Å². The zero-order valence-electron chi connectivity index (χ0n) is 2.54. The van der Waals surface area contributed by atoms with Crippen molar-refractivity contribution in [2.24, 2.45) is 0 Å². The Bertz CT molecular complexity index is 42.0. The summed E-state index contributed by atoms with van der Waals surface area (Å²) in [7, 11) is 0. The Kier molecular flexibility index (Phi) is 1.36. The predicted octanol–water partition coefficient (Wildman–Crippen LogP) is 0.569. The first kappa shape index (κ1) is 6.89. The third-order valence-electron chi connectivity index (χ3n) is 0. The Hall–Kier alpha value is 0.890. The molecular formula is H3Cl2O3P. The molecule has 0 aliphatic carbocycles. The van der Waals surface area contributed by atoms with E-state index in [0.717, 1.165) is 0 Å². The van der Waals surface area contributed by atoms with Crippen LogP contribution >= 0.6 is 28.5 Å². The van der Waals surface area contributed by atoms with Crippen LogP contribution in [0.3, 0.4) is 0 Å². The van der Waals surface area contributed by atoms with Gasteiger partial charge in [-0.1, -0.05) is 0 Å². The van der Waals surface area contributed by atoms with Crippen LogP contribution in [0, 0.1) is 0 Å². The fraction of sp³-hybridized carbons (Fsp3) is 0. The van der Waals surface area contributed by atoms with Gasteiger partial charge in [0.2, 0.25) is 0 Å². The molecule has 0 radical (unpaired) electrons. The molecule has 3 nitrogen and oxygen atoms in total. The maximum atomic E-state index is 7.76. The van der Waals surface area contributed by atoms with Crippen molar-refractivity contribution < 1.29 is 14.7 Å². The quantitative estimate of drug-likeness (QED) is 0.445. The molecule has 0 rings (SSSR count). The summed E-state index contributed by atoms with van der Waals surface area (Å²) in [5.74, 6) is -5.11. The van der Waals surface area contributed by atoms with Crippen LogP contribution in [-0.4, -0.2) is 14.7 Å². The van der Waals surface area contributed by atoms with Crippen LogP contribution < -0.4 is 0 Å². The molecule has 6 heteroatoms. The molecule has 0 fully saturated rings. The van der Waals surface area contributed by atoms with Gasteiger partial charge in [0, 0.05) is 0 Å². The van der Waals surface area contributed by atoms with Crippen molar-refractivity contribution in [3.8, 4) is 0 Å². The first-order chi connectivity index (χ1) is 2.24. The zero-order chi connectivity index (χ0) is 5.45. The van der Waals surface area contributed by atoms with Gasteiger partial charge in [0.05, 0.1) is 0 Å². The Morgan fingerprint density at radius 3 is 1.00 bits per heavy atom. The zero-order valence-corrected chi connectivity index (χ0v) is 4.95. The molecule has 0 bridgehead atoms. The molecule has 0 aromatic rings. The SMILES string of the molecule is OP(O)(O)(Cl)Cl. The van der Waals surface area contributed by atoms with Gasteiger partial charge in [0.15, 0.2) is 0 Å². The summed E-state index contributed by atoms with van der Waals surface area (Å²) >= 11 is 8.70. The molecule has 0 aliphatic rings. The fourth-order valence-corrected chi connectivity index (χ4v) is 0. The van der Waals surface area contributed by atoms with Crippen LogP contribution in [-0.2, 0) is 0 Å². The van der Waals surface area contributed by atoms with E-state index >= 15 is 0 Å². The van der Waals surface area contributed by atoms with Gasteiger partial charge >= 0.3 is 43.2 Å². The van der Waals surface area contributed by atoms with Gasteiger partial charge in [-0.25, -0.2) is 0 Å². The van der Waals surface area contributed by atoms with E-state index in [9.17, 15) is 0 Å². The molecular weight excluding hydrogens is 150 g/mol. The summed E-state index contributed by atoms with van der Waals surface area (Å²) in [6, 6.07) is 0. The minimum atomic E-state index is -5.11. The summed E-state index contributed by atoms with van der Waals surface area (Å²) in [4.78, 5) is 23.3. The van der Waals surface area contributed by atoms with Gasteiger partial charge in [-0.05, 0) is 0 Å². The molecule has 0 atom stereocenters. The first-order valence-electron chi connectivity index (χ1n) is 0.938. The molecule has 0 spiro atoms. The van der Waals surface area contributed by atoms with Crippen molar-refractivity contribution in [3.63, 3.8) is 0 Å². The Labute approximate surface area is 43.9 Å². The standard InChI is InChI=1S/Cl2H3O3P/c1-6(2,3,4)5/h3-5H. The Morgan fingerprint density at radius 1 is 1.00 bits per heavy atom. The summed E-state index contributed by atoms with van der Waals surface area (Å²) < 4.78 is 0. The van der Waals surface area contributed by atoms with Gasteiger partial charge in [-0.2, -0.15) is 0 Å². The van der Waals surface area contributed by atoms with E-state index in [2.05, 4.69) is 22.5 Å². The van der Waals surface area contributed by atoms with Crippen LogP contribution in [0.1, 0.15) is 0 Å². The molecule has 0 amide bonds. The van der Waals surface area contributed by atoms with E-state index in [1.807, 2.05) is 0 Å². The van der Waals surface area contributed by atoms with Crippen LogP contribution in [0.4, 0.5) is 0 Å². The number of halogens is 2. The summed E-state index contributed by atoms with van der Waals surface area (Å²) in [6.07, 6.45) is 0. The third kappa shape index (κ3) is 93.4. The summed E-state index contributed by atoms with van der Waals surface area (Å²) in [6.45, 7) is 0. The van der Waals surface area contributed by atoms with Crippen LogP contribution in [0.15, 0.2) is 0 Å². The van der Waals surface area contributed by atoms with Crippen molar-refractivity contribution in [2.75, 3.05) is 0 Å². The average Bonchev–Trinajstić information content (AvgIpc) is 0.650. The van der Waals surface area contributed by atoms with Gasteiger partial charge in [0.25, 0.3) is 0 Å². The van der Waals surface area contributed by atoms with E-state index in [1.54, 1.807) is 0 Å². The molecule has 0 unspecified atom stereocenters. The maximum absolute atomic E-state index is 7.76. The molecule has 0 saturated heterocycles. The summed E-state index contributed by atoms with van der Waals surface area (Å²) in [5, 5.41) is 0. The van der Waals surface area contributed by atoms with Gasteiger partial charge in [0.1, 0.15) is 0 Å². The second-order valence-electron chi connectivity index (χ2n) is 0.786. The number of hydrogen-bond donors (Lipinski definition) is 3. The van der Waals surface area contributed by atoms with Crippen molar-refractivity contribution in [3.05, 3.63) is 0 Å². The second kappa shape index (κ2) is 1.19. The van der Waals surface area contributed by atoms with E-state index < -0.39 is 5.99 Å². The molecule has 3 N–H and O–H groups in total. The second-order valence-corrected chi connectivity index (χ2v) is 6.61. The topological polar surface area (TPSA) is 60.7 Å². The summed E-state index contributed by atoms with van der Waals surface area (Å²) in [5.41, 5.74) is 0. The van der Waals surface area contributed by atoms with Gasteiger partial charge in [-0.3, -0.25) is 0 Å². The van der Waals surface area contributed by atoms with E-state index in [1.165, 1.54) is 0 Å². The number of rotatable bonds is 0. The Morgan fingerprint density at radius 2 is 1.00 bits per heavy atom. The molecule has 0 heterocycles. The van der Waals surface area contributed by atoms with E-state index in [4.69, 9.17) is 14.7 Å². The Balaban J connectivity index is 3.73. The minimum absolute atomic E-state index is 4.35. The first-order valence-corrected chi connectivity index (χ1v) is 4.84. The third-order valence-corrected chi connectivity index (χ3v) is 0. The van der Waals surface area contributed by atoms with Gasteiger partial charge < -0.3 is 0 Å². The number of hydrogen-bond acceptors (Lipinski definition) is 3. The molecule has 0 aromatic carbocycles. The van der Waals surface area contributed by atoms with Crippen molar-refractivity contribution in [1.29, 1.82) is 0 Å². The van der Waals surface area contributed by atoms with E-state index in [0.29, 0.717) is 0 Å². The molecule has 0 saturated carbocycles. The predicted molar refractivity (Wildman–Crippen MR) is 25.3 cm³/mol. The van der Waals surface area contributed by atoms with Crippen molar-refractivity contribution in [2.45, 2.75) is 0 Å². The molecule has 6 heavy (non-hydrogen) atoms. The monoisotopic (exact) mass is 152 g/mol. The van der Waals surface area contributed by atoms with Crippen molar-refractivity contribution >= 4 is 28.5 Å². The fourth-order valence-electron chi connectivity index (χ4n) is 0.